The Kier molecular flexibility index (Phi) is 4.13. The fourth-order valence-electron chi connectivity index (χ4n) is 2.88. The molecular formula is C17H22N4O2S. The van der Waals surface area contributed by atoms with E-state index in [1.165, 1.54) is 0 Å². The average molecular weight is 346 g/mol. The monoisotopic (exact) mass is 346 g/mol. The Bertz CT molecular complexity index is 985. The number of aryl methyl sites for hydroxylation is 1. The summed E-state index contributed by atoms with van der Waals surface area (Å²) in [5, 5.41) is 5.21. The van der Waals surface area contributed by atoms with Crippen LogP contribution in [0.1, 0.15) is 32.0 Å². The molecule has 0 aliphatic heterocycles. The van der Waals surface area contributed by atoms with Gasteiger partial charge in [-0.25, -0.2) is 8.42 Å². The molecule has 1 atom stereocenters. The Balaban J connectivity index is 2.03. The predicted molar refractivity (Wildman–Crippen MR) is 95.7 cm³/mol. The summed E-state index contributed by atoms with van der Waals surface area (Å²) in [6.45, 7) is 6.01. The van der Waals surface area contributed by atoms with Crippen molar-refractivity contribution in [3.8, 4) is 0 Å². The molecule has 6 nitrogen and oxygen atoms in total. The maximum atomic E-state index is 12.9. The molecule has 3 rings (SSSR count). The molecule has 128 valence electrons. The number of hydrogen-bond donors (Lipinski definition) is 1. The number of benzene rings is 1. The van der Waals surface area contributed by atoms with Crippen LogP contribution in [0.4, 0.5) is 5.69 Å². The quantitative estimate of drug-likeness (QED) is 0.769. The van der Waals surface area contributed by atoms with Crippen LogP contribution in [-0.4, -0.2) is 22.8 Å². The molecule has 0 aliphatic rings. The SMILES string of the molecule is CCC(C)n1ncc(NS(=O)(=O)c2cccc3ccn(C)c23)c1C. The van der Waals surface area contributed by atoms with E-state index in [0.29, 0.717) is 11.2 Å². The highest BCUT2D eigenvalue weighted by Gasteiger charge is 2.21. The highest BCUT2D eigenvalue weighted by Crippen LogP contribution is 2.27. The third-order valence-electron chi connectivity index (χ3n) is 4.45. The van der Waals surface area contributed by atoms with E-state index < -0.39 is 10.0 Å². The van der Waals surface area contributed by atoms with E-state index in [9.17, 15) is 8.42 Å². The van der Waals surface area contributed by atoms with Crippen LogP contribution in [0.3, 0.4) is 0 Å². The first-order valence-electron chi connectivity index (χ1n) is 7.96. The molecule has 2 heterocycles. The lowest BCUT2D eigenvalue weighted by Gasteiger charge is -2.13. The average Bonchev–Trinajstić information content (AvgIpc) is 3.10. The van der Waals surface area contributed by atoms with Crippen LogP contribution >= 0.6 is 0 Å². The number of nitrogens with one attached hydrogen (secondary N) is 1. The van der Waals surface area contributed by atoms with E-state index in [1.54, 1.807) is 18.3 Å². The molecule has 1 N–H and O–H groups in total. The van der Waals surface area contributed by atoms with Crippen molar-refractivity contribution in [1.82, 2.24) is 14.3 Å². The van der Waals surface area contributed by atoms with Gasteiger partial charge in [-0.3, -0.25) is 9.40 Å². The maximum absolute atomic E-state index is 12.9. The second-order valence-corrected chi connectivity index (χ2v) is 7.72. The van der Waals surface area contributed by atoms with Crippen molar-refractivity contribution < 1.29 is 8.42 Å². The van der Waals surface area contributed by atoms with Gasteiger partial charge in [0.25, 0.3) is 10.0 Å². The van der Waals surface area contributed by atoms with Gasteiger partial charge in [0.2, 0.25) is 0 Å². The van der Waals surface area contributed by atoms with E-state index in [2.05, 4.69) is 23.7 Å². The molecule has 24 heavy (non-hydrogen) atoms. The molecule has 3 aromatic rings. The van der Waals surface area contributed by atoms with Crippen molar-refractivity contribution in [2.24, 2.45) is 7.05 Å². The third-order valence-corrected chi connectivity index (χ3v) is 5.84. The van der Waals surface area contributed by atoms with Gasteiger partial charge in [-0.1, -0.05) is 19.1 Å². The number of fused-ring (bicyclic) bond motifs is 1. The van der Waals surface area contributed by atoms with Crippen molar-refractivity contribution in [3.05, 3.63) is 42.4 Å². The number of para-hydroxylation sites is 1. The van der Waals surface area contributed by atoms with E-state index in [0.717, 1.165) is 17.5 Å². The minimum atomic E-state index is -3.70. The van der Waals surface area contributed by atoms with Gasteiger partial charge in [0, 0.05) is 24.7 Å². The minimum Gasteiger partial charge on any atom is -0.349 e. The van der Waals surface area contributed by atoms with Crippen LogP contribution in [0.25, 0.3) is 10.9 Å². The zero-order valence-electron chi connectivity index (χ0n) is 14.3. The maximum Gasteiger partial charge on any atom is 0.264 e. The first kappa shape index (κ1) is 16.6. The van der Waals surface area contributed by atoms with Crippen LogP contribution in [0.2, 0.25) is 0 Å². The van der Waals surface area contributed by atoms with Gasteiger partial charge in [0.05, 0.1) is 23.1 Å². The Labute approximate surface area is 142 Å². The number of sulfonamides is 1. The zero-order valence-corrected chi connectivity index (χ0v) is 15.1. The first-order chi connectivity index (χ1) is 11.3. The molecular weight excluding hydrogens is 324 g/mol. The van der Waals surface area contributed by atoms with Crippen molar-refractivity contribution in [3.63, 3.8) is 0 Å². The normalized spacial score (nSPS) is 13.3. The first-order valence-corrected chi connectivity index (χ1v) is 9.44. The fourth-order valence-corrected chi connectivity index (χ4v) is 4.25. The van der Waals surface area contributed by atoms with Gasteiger partial charge in [-0.05, 0) is 32.4 Å². The molecule has 0 amide bonds. The molecule has 0 saturated carbocycles. The number of aromatic nitrogens is 3. The van der Waals surface area contributed by atoms with E-state index in [1.807, 2.05) is 41.5 Å². The highest BCUT2D eigenvalue weighted by atomic mass is 32.2. The molecule has 7 heteroatoms. The molecule has 0 saturated heterocycles. The topological polar surface area (TPSA) is 68.9 Å². The van der Waals surface area contributed by atoms with E-state index in [-0.39, 0.29) is 10.9 Å². The standard InChI is InChI=1S/C17H22N4O2S/c1-5-12(2)21-13(3)15(11-18-21)19-24(22,23)16-8-6-7-14-9-10-20(4)17(14)16/h6-12,19H,5H2,1-4H3. The number of hydrogen-bond acceptors (Lipinski definition) is 3. The van der Waals surface area contributed by atoms with E-state index in [4.69, 9.17) is 0 Å². The highest BCUT2D eigenvalue weighted by molar-refractivity contribution is 7.93. The smallest absolute Gasteiger partial charge is 0.264 e. The lowest BCUT2D eigenvalue weighted by atomic mass is 10.2. The molecule has 0 fully saturated rings. The van der Waals surface area contributed by atoms with Crippen molar-refractivity contribution in [2.75, 3.05) is 4.72 Å². The Morgan fingerprint density at radius 2 is 2.04 bits per heavy atom. The minimum absolute atomic E-state index is 0.222. The van der Waals surface area contributed by atoms with Gasteiger partial charge >= 0.3 is 0 Å². The summed E-state index contributed by atoms with van der Waals surface area (Å²) in [6.07, 6.45) is 4.36. The van der Waals surface area contributed by atoms with Crippen LogP contribution in [0.15, 0.2) is 41.6 Å². The van der Waals surface area contributed by atoms with Crippen LogP contribution in [0.5, 0.6) is 0 Å². The Morgan fingerprint density at radius 3 is 2.75 bits per heavy atom. The van der Waals surface area contributed by atoms with Gasteiger partial charge in [-0.15, -0.1) is 0 Å². The van der Waals surface area contributed by atoms with Gasteiger partial charge in [-0.2, -0.15) is 5.10 Å². The summed E-state index contributed by atoms with van der Waals surface area (Å²) in [6, 6.07) is 7.41. The lowest BCUT2D eigenvalue weighted by Crippen LogP contribution is -2.15. The van der Waals surface area contributed by atoms with Crippen LogP contribution in [-0.2, 0) is 17.1 Å². The molecule has 0 radical (unpaired) electrons. The van der Waals surface area contributed by atoms with Crippen LogP contribution in [0, 0.1) is 6.92 Å². The summed E-state index contributed by atoms with van der Waals surface area (Å²) >= 11 is 0. The van der Waals surface area contributed by atoms with Crippen molar-refractivity contribution in [2.45, 2.75) is 38.1 Å². The molecule has 0 aliphatic carbocycles. The zero-order chi connectivity index (χ0) is 17.5. The molecule has 0 spiro atoms. The summed E-state index contributed by atoms with van der Waals surface area (Å²) in [4.78, 5) is 0.267. The van der Waals surface area contributed by atoms with Gasteiger partial charge < -0.3 is 4.57 Å². The number of anilines is 1. The number of nitrogens with zero attached hydrogens (tertiary/aromatic N) is 3. The van der Waals surface area contributed by atoms with Gasteiger partial charge in [0.15, 0.2) is 0 Å². The Morgan fingerprint density at radius 1 is 1.29 bits per heavy atom. The summed E-state index contributed by atoms with van der Waals surface area (Å²) in [5.41, 5.74) is 2.02. The van der Waals surface area contributed by atoms with Gasteiger partial charge in [0.1, 0.15) is 4.90 Å². The van der Waals surface area contributed by atoms with E-state index >= 15 is 0 Å². The third kappa shape index (κ3) is 2.69. The lowest BCUT2D eigenvalue weighted by molar-refractivity contribution is 0.468. The van der Waals surface area contributed by atoms with Crippen molar-refractivity contribution >= 4 is 26.6 Å². The fraction of sp³-hybridized carbons (Fsp3) is 0.353. The molecule has 1 aromatic carbocycles. The van der Waals surface area contributed by atoms with Crippen LogP contribution < -0.4 is 4.72 Å². The van der Waals surface area contributed by atoms with Crippen molar-refractivity contribution in [1.29, 1.82) is 0 Å². The summed E-state index contributed by atoms with van der Waals surface area (Å²) in [5.74, 6) is 0. The summed E-state index contributed by atoms with van der Waals surface area (Å²) in [7, 11) is -1.86. The second kappa shape index (κ2) is 5.98. The predicted octanol–water partition coefficient (Wildman–Crippen LogP) is 3.46. The molecule has 2 aromatic heterocycles. The Hall–Kier alpha value is -2.28. The largest absolute Gasteiger partial charge is 0.349 e. The summed E-state index contributed by atoms with van der Waals surface area (Å²) < 4.78 is 32.2. The number of rotatable bonds is 5. The molecule has 0 bridgehead atoms. The molecule has 1 unspecified atom stereocenters. The second-order valence-electron chi connectivity index (χ2n) is 6.07.